The second-order valence-corrected chi connectivity index (χ2v) is 9.62. The molecule has 0 saturated carbocycles. The number of methoxy groups -OCH3 is 1. The predicted molar refractivity (Wildman–Crippen MR) is 128 cm³/mol. The number of ether oxygens (including phenoxy) is 1. The first-order valence-corrected chi connectivity index (χ1v) is 11.7. The van der Waals surface area contributed by atoms with Gasteiger partial charge in [0.2, 0.25) is 0 Å². The van der Waals surface area contributed by atoms with E-state index >= 15 is 0 Å². The van der Waals surface area contributed by atoms with Crippen molar-refractivity contribution in [3.05, 3.63) is 80.4 Å². The summed E-state index contributed by atoms with van der Waals surface area (Å²) in [5, 5.41) is 0. The molecule has 0 aliphatic carbocycles. The van der Waals surface area contributed by atoms with Crippen LogP contribution in [0.2, 0.25) is 0 Å². The molecule has 0 atom stereocenters. The molecule has 0 N–H and O–H groups in total. The van der Waals surface area contributed by atoms with E-state index in [9.17, 15) is 8.42 Å². The van der Waals surface area contributed by atoms with Crippen LogP contribution in [0.15, 0.2) is 64.5 Å². The molecule has 0 saturated heterocycles. The normalized spacial score (nSPS) is 11.6. The monoisotopic (exact) mass is 535 g/mol. The zero-order valence-corrected chi connectivity index (χ0v) is 20.1. The highest BCUT2D eigenvalue weighted by Crippen LogP contribution is 2.36. The van der Waals surface area contributed by atoms with E-state index in [1.165, 1.54) is 30.4 Å². The maximum Gasteiger partial charge on any atom is 0.339 e. The summed E-state index contributed by atoms with van der Waals surface area (Å²) < 4.78 is 36.8. The van der Waals surface area contributed by atoms with Gasteiger partial charge in [0, 0.05) is 6.21 Å². The molecule has 0 bridgehead atoms. The average molecular weight is 535 g/mol. The van der Waals surface area contributed by atoms with E-state index in [1.54, 1.807) is 30.5 Å². The molecule has 3 aromatic rings. The summed E-state index contributed by atoms with van der Waals surface area (Å²) in [5.41, 5.74) is 4.96. The first kappa shape index (κ1) is 22.3. The van der Waals surface area contributed by atoms with Crippen LogP contribution in [0.25, 0.3) is 0 Å². The van der Waals surface area contributed by atoms with Gasteiger partial charge in [-0.05, 0) is 96.5 Å². The summed E-state index contributed by atoms with van der Waals surface area (Å²) in [6.07, 6.45) is 1.72. The standard InChI is InChI=1S/C23H22INO4S/c1-15-5-9-20(10-6-15)30(26,27)29-23-21(24)12-18(13-22(23)28-4)14-25-19-8-7-16(2)17(3)11-19/h5-14H,1-4H3. The molecular formula is C23H22INO4S. The Morgan fingerprint density at radius 3 is 2.27 bits per heavy atom. The fourth-order valence-corrected chi connectivity index (χ4v) is 4.55. The Hall–Kier alpha value is -2.39. The lowest BCUT2D eigenvalue weighted by molar-refractivity contribution is 0.389. The zero-order valence-electron chi connectivity index (χ0n) is 17.1. The van der Waals surface area contributed by atoms with Crippen LogP contribution in [0.5, 0.6) is 11.5 Å². The quantitative estimate of drug-likeness (QED) is 0.229. The molecule has 0 unspecified atom stereocenters. The van der Waals surface area contributed by atoms with Gasteiger partial charge in [0.05, 0.1) is 16.4 Å². The Labute approximate surface area is 191 Å². The Balaban J connectivity index is 1.91. The van der Waals surface area contributed by atoms with Gasteiger partial charge in [-0.15, -0.1) is 0 Å². The summed E-state index contributed by atoms with van der Waals surface area (Å²) in [6.45, 7) is 5.99. The minimum atomic E-state index is -3.98. The molecular weight excluding hydrogens is 513 g/mol. The van der Waals surface area contributed by atoms with Crippen molar-refractivity contribution in [2.45, 2.75) is 25.7 Å². The molecule has 3 rings (SSSR count). The number of nitrogens with zero attached hydrogens (tertiary/aromatic N) is 1. The highest BCUT2D eigenvalue weighted by atomic mass is 127. The van der Waals surface area contributed by atoms with Gasteiger partial charge in [0.15, 0.2) is 11.5 Å². The van der Waals surface area contributed by atoms with Gasteiger partial charge in [0.1, 0.15) is 4.90 Å². The van der Waals surface area contributed by atoms with Crippen LogP contribution < -0.4 is 8.92 Å². The third-order valence-electron chi connectivity index (χ3n) is 4.61. The number of benzene rings is 3. The Kier molecular flexibility index (Phi) is 6.82. The van der Waals surface area contributed by atoms with E-state index in [4.69, 9.17) is 8.92 Å². The second kappa shape index (κ2) is 9.18. The summed E-state index contributed by atoms with van der Waals surface area (Å²) in [6, 6.07) is 16.0. The van der Waals surface area contributed by atoms with E-state index in [1.807, 2.05) is 54.6 Å². The molecule has 0 heterocycles. The topological polar surface area (TPSA) is 65.0 Å². The molecule has 0 aliphatic rings. The highest BCUT2D eigenvalue weighted by Gasteiger charge is 2.21. The molecule has 3 aromatic carbocycles. The fourth-order valence-electron chi connectivity index (χ4n) is 2.71. The van der Waals surface area contributed by atoms with Gasteiger partial charge in [-0.3, -0.25) is 4.99 Å². The second-order valence-electron chi connectivity index (χ2n) is 6.91. The fraction of sp³-hybridized carbons (Fsp3) is 0.174. The van der Waals surface area contributed by atoms with Crippen molar-refractivity contribution in [1.82, 2.24) is 0 Å². The number of aliphatic imine (C=N–C) groups is 1. The first-order chi connectivity index (χ1) is 14.2. The molecule has 0 aliphatic heterocycles. The van der Waals surface area contributed by atoms with E-state index in [2.05, 4.69) is 11.9 Å². The summed E-state index contributed by atoms with van der Waals surface area (Å²) in [5.74, 6) is 0.473. The molecule has 0 aromatic heterocycles. The third kappa shape index (κ3) is 5.20. The Morgan fingerprint density at radius 1 is 0.933 bits per heavy atom. The highest BCUT2D eigenvalue weighted by molar-refractivity contribution is 14.1. The van der Waals surface area contributed by atoms with Crippen molar-refractivity contribution in [2.75, 3.05) is 7.11 Å². The van der Waals surface area contributed by atoms with Gasteiger partial charge >= 0.3 is 10.1 Å². The summed E-state index contributed by atoms with van der Waals surface area (Å²) in [4.78, 5) is 4.60. The van der Waals surface area contributed by atoms with Crippen molar-refractivity contribution in [2.24, 2.45) is 4.99 Å². The van der Waals surface area contributed by atoms with Crippen molar-refractivity contribution in [3.63, 3.8) is 0 Å². The van der Waals surface area contributed by atoms with Crippen LogP contribution in [0.3, 0.4) is 0 Å². The molecule has 30 heavy (non-hydrogen) atoms. The van der Waals surface area contributed by atoms with Gasteiger partial charge in [0.25, 0.3) is 0 Å². The molecule has 0 fully saturated rings. The minimum absolute atomic E-state index is 0.0892. The zero-order chi connectivity index (χ0) is 21.9. The first-order valence-electron chi connectivity index (χ1n) is 9.19. The lowest BCUT2D eigenvalue weighted by Gasteiger charge is -2.13. The van der Waals surface area contributed by atoms with Gasteiger partial charge in [-0.1, -0.05) is 23.8 Å². The predicted octanol–water partition coefficient (Wildman–Crippen LogP) is 5.74. The van der Waals surface area contributed by atoms with Crippen LogP contribution in [0.1, 0.15) is 22.3 Å². The van der Waals surface area contributed by atoms with Crippen molar-refractivity contribution in [1.29, 1.82) is 0 Å². The van der Waals surface area contributed by atoms with Gasteiger partial charge in [-0.2, -0.15) is 8.42 Å². The Bertz CT molecular complexity index is 1200. The number of halogens is 1. The molecule has 5 nitrogen and oxygen atoms in total. The number of aryl methyl sites for hydroxylation is 3. The molecule has 0 radical (unpaired) electrons. The lowest BCUT2D eigenvalue weighted by Crippen LogP contribution is -2.11. The van der Waals surface area contributed by atoms with E-state index in [0.717, 1.165) is 16.8 Å². The largest absolute Gasteiger partial charge is 0.493 e. The third-order valence-corrected chi connectivity index (χ3v) is 6.64. The molecule has 7 heteroatoms. The summed E-state index contributed by atoms with van der Waals surface area (Å²) in [7, 11) is -2.51. The van der Waals surface area contributed by atoms with Crippen molar-refractivity contribution < 1.29 is 17.3 Å². The molecule has 0 amide bonds. The maximum atomic E-state index is 12.7. The summed E-state index contributed by atoms with van der Waals surface area (Å²) >= 11 is 2.03. The van der Waals surface area contributed by atoms with Crippen LogP contribution in [-0.2, 0) is 10.1 Å². The number of rotatable bonds is 6. The maximum absolute atomic E-state index is 12.7. The minimum Gasteiger partial charge on any atom is -0.493 e. The van der Waals surface area contributed by atoms with Crippen LogP contribution >= 0.6 is 22.6 Å². The van der Waals surface area contributed by atoms with Crippen LogP contribution in [-0.4, -0.2) is 21.7 Å². The molecule has 156 valence electrons. The van der Waals surface area contributed by atoms with Crippen LogP contribution in [0.4, 0.5) is 5.69 Å². The Morgan fingerprint density at radius 2 is 1.63 bits per heavy atom. The van der Waals surface area contributed by atoms with Crippen molar-refractivity contribution >= 4 is 44.6 Å². The van der Waals surface area contributed by atoms with Crippen LogP contribution in [0, 0.1) is 24.3 Å². The van der Waals surface area contributed by atoms with E-state index < -0.39 is 10.1 Å². The van der Waals surface area contributed by atoms with Gasteiger partial charge < -0.3 is 8.92 Å². The van der Waals surface area contributed by atoms with E-state index in [0.29, 0.717) is 9.32 Å². The SMILES string of the molecule is COc1cc(C=Nc2ccc(C)c(C)c2)cc(I)c1OS(=O)(=O)c1ccc(C)cc1. The van der Waals surface area contributed by atoms with Gasteiger partial charge in [-0.25, -0.2) is 0 Å². The molecule has 0 spiro atoms. The smallest absolute Gasteiger partial charge is 0.339 e. The lowest BCUT2D eigenvalue weighted by atomic mass is 10.1. The number of hydrogen-bond donors (Lipinski definition) is 0. The van der Waals surface area contributed by atoms with Crippen molar-refractivity contribution in [3.8, 4) is 11.5 Å². The van der Waals surface area contributed by atoms with E-state index in [-0.39, 0.29) is 10.6 Å². The average Bonchev–Trinajstić information content (AvgIpc) is 2.70. The number of hydrogen-bond acceptors (Lipinski definition) is 5.